The number of fused-ring (bicyclic) bond motifs is 1. The Bertz CT molecular complexity index is 727. The third kappa shape index (κ3) is 3.14. The van der Waals surface area contributed by atoms with Crippen LogP contribution >= 0.6 is 0 Å². The summed E-state index contributed by atoms with van der Waals surface area (Å²) in [4.78, 5) is 26.0. The van der Waals surface area contributed by atoms with Gasteiger partial charge in [0.15, 0.2) is 5.82 Å². The number of para-hydroxylation sites is 2. The van der Waals surface area contributed by atoms with Crippen molar-refractivity contribution in [2.24, 2.45) is 5.41 Å². The van der Waals surface area contributed by atoms with Crippen LogP contribution in [0, 0.1) is 12.3 Å². The van der Waals surface area contributed by atoms with Gasteiger partial charge in [0.2, 0.25) is 5.91 Å². The van der Waals surface area contributed by atoms with E-state index in [1.54, 1.807) is 0 Å². The molecule has 5 nitrogen and oxygen atoms in total. The van der Waals surface area contributed by atoms with Gasteiger partial charge >= 0.3 is 0 Å². The molecule has 1 saturated heterocycles. The number of aryl methyl sites for hydroxylation is 1. The Labute approximate surface area is 137 Å². The van der Waals surface area contributed by atoms with Crippen molar-refractivity contribution in [2.75, 3.05) is 31.1 Å². The van der Waals surface area contributed by atoms with E-state index in [0.29, 0.717) is 0 Å². The van der Waals surface area contributed by atoms with Crippen LogP contribution in [0.4, 0.5) is 5.82 Å². The molecule has 0 spiro atoms. The van der Waals surface area contributed by atoms with Crippen LogP contribution in [-0.4, -0.2) is 47.0 Å². The number of piperazine rings is 1. The van der Waals surface area contributed by atoms with Crippen molar-refractivity contribution in [3.63, 3.8) is 0 Å². The first kappa shape index (κ1) is 15.7. The van der Waals surface area contributed by atoms with Gasteiger partial charge in [-0.1, -0.05) is 32.9 Å². The van der Waals surface area contributed by atoms with Gasteiger partial charge in [-0.25, -0.2) is 9.97 Å². The van der Waals surface area contributed by atoms with Crippen LogP contribution in [0.3, 0.4) is 0 Å². The number of carbonyl (C=O) groups excluding carboxylic acids is 1. The van der Waals surface area contributed by atoms with Crippen LogP contribution < -0.4 is 4.90 Å². The molecule has 0 radical (unpaired) electrons. The number of hydrogen-bond donors (Lipinski definition) is 0. The number of carbonyl (C=O) groups is 1. The molecular formula is C18H24N4O. The highest BCUT2D eigenvalue weighted by Crippen LogP contribution is 2.23. The molecule has 3 rings (SSSR count). The average molecular weight is 312 g/mol. The number of aromatic nitrogens is 2. The molecule has 1 fully saturated rings. The number of rotatable bonds is 1. The Balaban J connectivity index is 1.78. The van der Waals surface area contributed by atoms with Crippen LogP contribution in [0.15, 0.2) is 24.3 Å². The summed E-state index contributed by atoms with van der Waals surface area (Å²) >= 11 is 0. The first-order chi connectivity index (χ1) is 10.9. The molecule has 122 valence electrons. The standard InChI is InChI=1S/C18H24N4O/c1-13-16(20-15-8-6-5-7-14(15)19-13)21-9-11-22(12-10-21)17(23)18(2,3)4/h5-8H,9-12H2,1-4H3. The quantitative estimate of drug-likeness (QED) is 0.812. The van der Waals surface area contributed by atoms with Crippen molar-refractivity contribution in [2.45, 2.75) is 27.7 Å². The normalized spacial score (nSPS) is 16.0. The maximum atomic E-state index is 12.4. The smallest absolute Gasteiger partial charge is 0.228 e. The average Bonchev–Trinajstić information content (AvgIpc) is 2.53. The van der Waals surface area contributed by atoms with Crippen LogP contribution in [-0.2, 0) is 4.79 Å². The van der Waals surface area contributed by atoms with E-state index < -0.39 is 0 Å². The molecule has 0 saturated carbocycles. The van der Waals surface area contributed by atoms with Crippen molar-refractivity contribution in [1.82, 2.24) is 14.9 Å². The lowest BCUT2D eigenvalue weighted by atomic mass is 9.94. The van der Waals surface area contributed by atoms with Crippen molar-refractivity contribution in [3.05, 3.63) is 30.0 Å². The fourth-order valence-electron chi connectivity index (χ4n) is 2.97. The van der Waals surface area contributed by atoms with E-state index in [2.05, 4.69) is 9.88 Å². The van der Waals surface area contributed by atoms with E-state index in [-0.39, 0.29) is 11.3 Å². The molecule has 0 N–H and O–H groups in total. The summed E-state index contributed by atoms with van der Waals surface area (Å²) in [5.74, 6) is 1.16. The Morgan fingerprint density at radius 2 is 1.57 bits per heavy atom. The second-order valence-electron chi connectivity index (χ2n) is 7.15. The lowest BCUT2D eigenvalue weighted by molar-refractivity contribution is -0.139. The summed E-state index contributed by atoms with van der Waals surface area (Å²) in [5, 5.41) is 0. The Morgan fingerprint density at radius 3 is 2.13 bits per heavy atom. The minimum absolute atomic E-state index is 0.221. The summed E-state index contributed by atoms with van der Waals surface area (Å²) in [5.41, 5.74) is 2.47. The van der Waals surface area contributed by atoms with E-state index in [4.69, 9.17) is 4.98 Å². The van der Waals surface area contributed by atoms with Gasteiger partial charge in [-0.15, -0.1) is 0 Å². The van der Waals surface area contributed by atoms with Crippen molar-refractivity contribution < 1.29 is 4.79 Å². The molecule has 1 aliphatic rings. The molecule has 23 heavy (non-hydrogen) atoms. The summed E-state index contributed by atoms with van der Waals surface area (Å²) in [6, 6.07) is 7.94. The minimum Gasteiger partial charge on any atom is -0.352 e. The fraction of sp³-hybridized carbons (Fsp3) is 0.500. The molecule has 2 heterocycles. The Kier molecular flexibility index (Phi) is 3.96. The molecule has 5 heteroatoms. The van der Waals surface area contributed by atoms with Crippen LogP contribution in [0.25, 0.3) is 11.0 Å². The SMILES string of the molecule is Cc1nc2ccccc2nc1N1CCN(C(=O)C(C)(C)C)CC1. The van der Waals surface area contributed by atoms with Gasteiger partial charge in [0.1, 0.15) is 0 Å². The van der Waals surface area contributed by atoms with E-state index in [1.807, 2.05) is 56.9 Å². The fourth-order valence-corrected chi connectivity index (χ4v) is 2.97. The molecule has 0 bridgehead atoms. The Hall–Kier alpha value is -2.17. The predicted molar refractivity (Wildman–Crippen MR) is 92.5 cm³/mol. The number of anilines is 1. The van der Waals surface area contributed by atoms with Gasteiger partial charge in [-0.05, 0) is 19.1 Å². The maximum Gasteiger partial charge on any atom is 0.228 e. The zero-order valence-corrected chi connectivity index (χ0v) is 14.3. The Morgan fingerprint density at radius 1 is 1.00 bits per heavy atom. The van der Waals surface area contributed by atoms with Gasteiger partial charge in [0.25, 0.3) is 0 Å². The zero-order valence-electron chi connectivity index (χ0n) is 14.3. The molecule has 0 atom stereocenters. The van der Waals surface area contributed by atoms with E-state index >= 15 is 0 Å². The first-order valence-electron chi connectivity index (χ1n) is 8.14. The van der Waals surface area contributed by atoms with Crippen LogP contribution in [0.2, 0.25) is 0 Å². The third-order valence-electron chi connectivity index (χ3n) is 4.23. The molecule has 1 aromatic carbocycles. The third-order valence-corrected chi connectivity index (χ3v) is 4.23. The molecule has 1 aromatic heterocycles. The zero-order chi connectivity index (χ0) is 16.6. The summed E-state index contributed by atoms with van der Waals surface area (Å²) in [7, 11) is 0. The van der Waals surface area contributed by atoms with Crippen LogP contribution in [0.1, 0.15) is 26.5 Å². The lowest BCUT2D eigenvalue weighted by Gasteiger charge is -2.38. The van der Waals surface area contributed by atoms with Crippen molar-refractivity contribution >= 4 is 22.8 Å². The minimum atomic E-state index is -0.319. The molecule has 2 aromatic rings. The van der Waals surface area contributed by atoms with Gasteiger partial charge in [0.05, 0.1) is 16.7 Å². The second kappa shape index (κ2) is 5.80. The number of nitrogens with zero attached hydrogens (tertiary/aromatic N) is 4. The molecule has 1 amide bonds. The van der Waals surface area contributed by atoms with Gasteiger partial charge in [0, 0.05) is 31.6 Å². The van der Waals surface area contributed by atoms with E-state index in [0.717, 1.165) is 48.7 Å². The summed E-state index contributed by atoms with van der Waals surface area (Å²) in [6.45, 7) is 11.0. The number of hydrogen-bond acceptors (Lipinski definition) is 4. The monoisotopic (exact) mass is 312 g/mol. The maximum absolute atomic E-state index is 12.4. The number of amides is 1. The highest BCUT2D eigenvalue weighted by atomic mass is 16.2. The van der Waals surface area contributed by atoms with Crippen LogP contribution in [0.5, 0.6) is 0 Å². The summed E-state index contributed by atoms with van der Waals surface area (Å²) < 4.78 is 0. The van der Waals surface area contributed by atoms with Crippen molar-refractivity contribution in [1.29, 1.82) is 0 Å². The lowest BCUT2D eigenvalue weighted by Crippen LogP contribution is -2.52. The highest BCUT2D eigenvalue weighted by molar-refractivity contribution is 5.82. The largest absolute Gasteiger partial charge is 0.352 e. The van der Waals surface area contributed by atoms with E-state index in [9.17, 15) is 4.79 Å². The molecule has 0 aliphatic carbocycles. The van der Waals surface area contributed by atoms with Crippen molar-refractivity contribution in [3.8, 4) is 0 Å². The molecule has 0 unspecified atom stereocenters. The van der Waals surface area contributed by atoms with Gasteiger partial charge < -0.3 is 9.80 Å². The number of benzene rings is 1. The van der Waals surface area contributed by atoms with Gasteiger partial charge in [-0.2, -0.15) is 0 Å². The summed E-state index contributed by atoms with van der Waals surface area (Å²) in [6.07, 6.45) is 0. The van der Waals surface area contributed by atoms with E-state index in [1.165, 1.54) is 0 Å². The molecular weight excluding hydrogens is 288 g/mol. The first-order valence-corrected chi connectivity index (χ1v) is 8.14. The topological polar surface area (TPSA) is 49.3 Å². The second-order valence-corrected chi connectivity index (χ2v) is 7.15. The predicted octanol–water partition coefficient (Wildman–Crippen LogP) is 2.63. The molecule has 1 aliphatic heterocycles. The highest BCUT2D eigenvalue weighted by Gasteiger charge is 2.30. The van der Waals surface area contributed by atoms with Gasteiger partial charge in [-0.3, -0.25) is 4.79 Å².